The number of hydrogen-bond acceptors (Lipinski definition) is 4. The summed E-state index contributed by atoms with van der Waals surface area (Å²) in [6.45, 7) is 27.2. The number of rotatable bonds is 22. The van der Waals surface area contributed by atoms with Gasteiger partial charge in [-0.2, -0.15) is 0 Å². The standard InChI is InChI=1S/C18H30F2N2.C17H30F2N2.2C2H6/c1-3-5-6-7-12-22(11-4-2)13-10-21-15-16-8-9-17(19)18(20)14-16;1-4-6-7-8-20-9-10-21(5-2)14-15-11-16(18)13-17(3,19)12-15;2*1-2/h8-9,14,21H,3-7,10-13,15H2,1-2H3;11-12,20H,4-10,13-14H2,1-3H3;2*1-2H3. The Balaban J connectivity index is 0. The van der Waals surface area contributed by atoms with Gasteiger partial charge in [-0.25, -0.2) is 17.6 Å². The van der Waals surface area contributed by atoms with Crippen LogP contribution in [-0.4, -0.2) is 74.4 Å². The van der Waals surface area contributed by atoms with Crippen molar-refractivity contribution < 1.29 is 17.6 Å². The summed E-state index contributed by atoms with van der Waals surface area (Å²) in [4.78, 5) is 4.69. The molecule has 0 aromatic heterocycles. The van der Waals surface area contributed by atoms with Crippen LogP contribution in [0.1, 0.15) is 126 Å². The average Bonchev–Trinajstić information content (AvgIpc) is 3.05. The normalized spacial score (nSPS) is 15.6. The zero-order valence-electron chi connectivity index (χ0n) is 31.7. The van der Waals surface area contributed by atoms with Gasteiger partial charge >= 0.3 is 0 Å². The predicted molar refractivity (Wildman–Crippen MR) is 198 cm³/mol. The highest BCUT2D eigenvalue weighted by atomic mass is 19.2. The molecule has 1 aliphatic rings. The first-order valence-electron chi connectivity index (χ1n) is 18.7. The summed E-state index contributed by atoms with van der Waals surface area (Å²) in [5, 5.41) is 6.73. The van der Waals surface area contributed by atoms with Gasteiger partial charge < -0.3 is 15.5 Å². The molecule has 1 atom stereocenters. The Kier molecular flexibility index (Phi) is 31.8. The summed E-state index contributed by atoms with van der Waals surface area (Å²) in [5.41, 5.74) is -0.0214. The fourth-order valence-corrected chi connectivity index (χ4v) is 5.16. The second kappa shape index (κ2) is 31.5. The molecule has 0 amide bonds. The average molecular weight is 673 g/mol. The maximum Gasteiger partial charge on any atom is 0.159 e. The number of nitrogens with one attached hydrogen (secondary N) is 2. The topological polar surface area (TPSA) is 30.5 Å². The van der Waals surface area contributed by atoms with Crippen molar-refractivity contribution in [2.24, 2.45) is 0 Å². The van der Waals surface area contributed by atoms with Crippen LogP contribution in [0.4, 0.5) is 17.6 Å². The molecule has 0 spiro atoms. The molecule has 47 heavy (non-hydrogen) atoms. The highest BCUT2D eigenvalue weighted by molar-refractivity contribution is 5.31. The fourth-order valence-electron chi connectivity index (χ4n) is 5.16. The molecule has 0 saturated carbocycles. The van der Waals surface area contributed by atoms with E-state index in [9.17, 15) is 17.6 Å². The third-order valence-electron chi connectivity index (χ3n) is 7.54. The maximum atomic E-state index is 14.0. The zero-order valence-corrected chi connectivity index (χ0v) is 31.7. The van der Waals surface area contributed by atoms with E-state index in [1.807, 2.05) is 27.7 Å². The summed E-state index contributed by atoms with van der Waals surface area (Å²) in [6.07, 6.45) is 12.9. The number of halogens is 4. The number of likely N-dealkylation sites (N-methyl/N-ethyl adjacent to an activating group) is 1. The highest BCUT2D eigenvalue weighted by Crippen LogP contribution is 2.30. The predicted octanol–water partition coefficient (Wildman–Crippen LogP) is 10.4. The number of unbranched alkanes of at least 4 members (excludes halogenated alkanes) is 5. The first-order chi connectivity index (χ1) is 22.6. The van der Waals surface area contributed by atoms with Crippen LogP contribution in [-0.2, 0) is 6.54 Å². The lowest BCUT2D eigenvalue weighted by Crippen LogP contribution is -2.34. The lowest BCUT2D eigenvalue weighted by atomic mass is 9.94. The molecule has 0 bridgehead atoms. The molecule has 4 nitrogen and oxygen atoms in total. The second-order valence-electron chi connectivity index (χ2n) is 11.9. The molecular weight excluding hydrogens is 600 g/mol. The van der Waals surface area contributed by atoms with Crippen molar-refractivity contribution in [3.05, 3.63) is 58.9 Å². The minimum absolute atomic E-state index is 0.137. The second-order valence-corrected chi connectivity index (χ2v) is 11.9. The third kappa shape index (κ3) is 25.9. The Bertz CT molecular complexity index is 920. The van der Waals surface area contributed by atoms with Gasteiger partial charge in [0.25, 0.3) is 0 Å². The van der Waals surface area contributed by atoms with Gasteiger partial charge in [0.2, 0.25) is 0 Å². The van der Waals surface area contributed by atoms with E-state index in [4.69, 9.17) is 0 Å². The van der Waals surface area contributed by atoms with Gasteiger partial charge in [-0.3, -0.25) is 4.90 Å². The number of hydrogen-bond donors (Lipinski definition) is 2. The number of benzene rings is 1. The van der Waals surface area contributed by atoms with E-state index >= 15 is 0 Å². The highest BCUT2D eigenvalue weighted by Gasteiger charge is 2.27. The van der Waals surface area contributed by atoms with Crippen molar-refractivity contribution in [2.75, 3.05) is 58.9 Å². The van der Waals surface area contributed by atoms with E-state index in [1.54, 1.807) is 12.1 Å². The van der Waals surface area contributed by atoms with Crippen molar-refractivity contribution in [1.29, 1.82) is 0 Å². The third-order valence-corrected chi connectivity index (χ3v) is 7.54. The summed E-state index contributed by atoms with van der Waals surface area (Å²) in [6, 6.07) is 4.07. The van der Waals surface area contributed by atoms with E-state index in [0.717, 1.165) is 69.9 Å². The van der Waals surface area contributed by atoms with Crippen molar-refractivity contribution >= 4 is 0 Å². The number of allylic oxidation sites excluding steroid dienone is 2. The summed E-state index contributed by atoms with van der Waals surface area (Å²) in [7, 11) is 0. The van der Waals surface area contributed by atoms with Crippen LogP contribution >= 0.6 is 0 Å². The van der Waals surface area contributed by atoms with E-state index in [2.05, 4.69) is 48.1 Å². The molecule has 1 aromatic rings. The lowest BCUT2D eigenvalue weighted by molar-refractivity contribution is 0.234. The lowest BCUT2D eigenvalue weighted by Gasteiger charge is -2.26. The molecule has 1 aromatic carbocycles. The quantitative estimate of drug-likeness (QED) is 0.0948. The van der Waals surface area contributed by atoms with Crippen LogP contribution in [0.3, 0.4) is 0 Å². The van der Waals surface area contributed by atoms with Crippen LogP contribution in [0.15, 0.2) is 41.8 Å². The SMILES string of the molecule is CC.CC.CCCCCCN(CCC)CCNCc1ccc(F)c(F)c1.CCCCCNCCN(CC)CC1=CC(C)(F)CC(F)=C1. The van der Waals surface area contributed by atoms with E-state index in [1.165, 1.54) is 70.1 Å². The van der Waals surface area contributed by atoms with Crippen LogP contribution in [0.2, 0.25) is 0 Å². The van der Waals surface area contributed by atoms with Gasteiger partial charge in [-0.15, -0.1) is 0 Å². The molecule has 0 heterocycles. The Morgan fingerprint density at radius 3 is 1.94 bits per heavy atom. The molecule has 2 N–H and O–H groups in total. The molecule has 0 radical (unpaired) electrons. The van der Waals surface area contributed by atoms with Crippen molar-refractivity contribution in [3.63, 3.8) is 0 Å². The molecule has 1 aliphatic carbocycles. The van der Waals surface area contributed by atoms with Crippen LogP contribution in [0.25, 0.3) is 0 Å². The summed E-state index contributed by atoms with van der Waals surface area (Å²) in [5.74, 6) is -1.92. The van der Waals surface area contributed by atoms with Gasteiger partial charge in [0.05, 0.1) is 0 Å². The zero-order chi connectivity index (χ0) is 35.9. The smallest absolute Gasteiger partial charge is 0.159 e. The van der Waals surface area contributed by atoms with Crippen molar-refractivity contribution in [2.45, 2.75) is 132 Å². The van der Waals surface area contributed by atoms with Gasteiger partial charge in [0.1, 0.15) is 11.5 Å². The van der Waals surface area contributed by atoms with Gasteiger partial charge in [0, 0.05) is 45.7 Å². The minimum atomic E-state index is -1.55. The molecule has 276 valence electrons. The Morgan fingerprint density at radius 1 is 0.702 bits per heavy atom. The minimum Gasteiger partial charge on any atom is -0.315 e. The van der Waals surface area contributed by atoms with Gasteiger partial charge in [-0.1, -0.05) is 93.6 Å². The molecule has 0 aliphatic heterocycles. The molecule has 8 heteroatoms. The van der Waals surface area contributed by atoms with Crippen LogP contribution in [0, 0.1) is 11.6 Å². The van der Waals surface area contributed by atoms with E-state index in [-0.39, 0.29) is 12.2 Å². The largest absolute Gasteiger partial charge is 0.315 e. The first-order valence-corrected chi connectivity index (χ1v) is 18.7. The summed E-state index contributed by atoms with van der Waals surface area (Å²) >= 11 is 0. The molecule has 1 unspecified atom stereocenters. The van der Waals surface area contributed by atoms with Crippen molar-refractivity contribution in [3.8, 4) is 0 Å². The molecular formula is C39H72F4N4. The fraction of sp³-hybridized carbons (Fsp3) is 0.744. The van der Waals surface area contributed by atoms with Crippen molar-refractivity contribution in [1.82, 2.24) is 20.4 Å². The monoisotopic (exact) mass is 673 g/mol. The van der Waals surface area contributed by atoms with Gasteiger partial charge in [0.15, 0.2) is 11.6 Å². The maximum absolute atomic E-state index is 14.0. The van der Waals surface area contributed by atoms with Crippen LogP contribution in [0.5, 0.6) is 0 Å². The number of nitrogens with zero attached hydrogens (tertiary/aromatic N) is 2. The van der Waals surface area contributed by atoms with Crippen LogP contribution < -0.4 is 10.6 Å². The molecule has 0 saturated heterocycles. The summed E-state index contributed by atoms with van der Waals surface area (Å²) < 4.78 is 53.4. The number of alkyl halides is 1. The molecule has 0 fully saturated rings. The Labute approximate surface area is 287 Å². The van der Waals surface area contributed by atoms with E-state index in [0.29, 0.717) is 13.1 Å². The van der Waals surface area contributed by atoms with Gasteiger partial charge in [-0.05, 0) is 87.8 Å². The Morgan fingerprint density at radius 2 is 1.34 bits per heavy atom. The molecule has 2 rings (SSSR count). The first kappa shape index (κ1) is 47.4. The van der Waals surface area contributed by atoms with E-state index < -0.39 is 17.3 Å². The Hall–Kier alpha value is -1.74.